The van der Waals surface area contributed by atoms with Crippen LogP contribution in [0.2, 0.25) is 0 Å². The summed E-state index contributed by atoms with van der Waals surface area (Å²) < 4.78 is 29.3. The average molecular weight is 420 g/mol. The van der Waals surface area contributed by atoms with Gasteiger partial charge in [0.1, 0.15) is 11.3 Å². The number of aromatic nitrogens is 2. The van der Waals surface area contributed by atoms with E-state index in [0.29, 0.717) is 22.7 Å². The molecule has 0 aliphatic rings. The van der Waals surface area contributed by atoms with Crippen LogP contribution in [0.15, 0.2) is 77.8 Å². The second kappa shape index (κ2) is 7.64. The zero-order valence-corrected chi connectivity index (χ0v) is 17.3. The molecule has 2 aromatic carbocycles. The predicted molar refractivity (Wildman–Crippen MR) is 116 cm³/mol. The van der Waals surface area contributed by atoms with E-state index in [0.717, 1.165) is 11.3 Å². The highest BCUT2D eigenvalue weighted by Gasteiger charge is 2.15. The fraction of sp³-hybridized carbons (Fsp3) is 0.0909. The van der Waals surface area contributed by atoms with Crippen LogP contribution in [-0.2, 0) is 10.0 Å². The summed E-state index contributed by atoms with van der Waals surface area (Å²) in [5.41, 5.74) is 3.89. The lowest BCUT2D eigenvalue weighted by Gasteiger charge is -2.09. The van der Waals surface area contributed by atoms with Gasteiger partial charge in [0.15, 0.2) is 0 Å². The molecule has 4 rings (SSSR count). The molecule has 0 saturated carbocycles. The number of hydrogen-bond acceptors (Lipinski definition) is 4. The molecule has 1 amide bonds. The number of hydrogen-bond donors (Lipinski definition) is 2. The minimum Gasteiger partial charge on any atom is -0.321 e. The van der Waals surface area contributed by atoms with Crippen LogP contribution < -0.4 is 10.0 Å². The number of aryl methyl sites for hydroxylation is 2. The van der Waals surface area contributed by atoms with Gasteiger partial charge in [-0.05, 0) is 62.4 Å². The lowest BCUT2D eigenvalue weighted by atomic mass is 10.2. The Bertz CT molecular complexity index is 1330. The lowest BCUT2D eigenvalue weighted by molar-refractivity contribution is 0.102. The van der Waals surface area contributed by atoms with Gasteiger partial charge in [-0.25, -0.2) is 13.4 Å². The van der Waals surface area contributed by atoms with Gasteiger partial charge in [-0.2, -0.15) is 0 Å². The van der Waals surface area contributed by atoms with E-state index >= 15 is 0 Å². The number of carbonyl (C=O) groups excluding carboxylic acids is 1. The first kappa shape index (κ1) is 19.7. The molecule has 0 aliphatic heterocycles. The minimum atomic E-state index is -3.68. The van der Waals surface area contributed by atoms with Crippen LogP contribution in [-0.4, -0.2) is 23.7 Å². The van der Waals surface area contributed by atoms with Crippen molar-refractivity contribution >= 4 is 33.0 Å². The van der Waals surface area contributed by atoms with Crippen molar-refractivity contribution in [2.45, 2.75) is 18.7 Å². The van der Waals surface area contributed by atoms with Gasteiger partial charge >= 0.3 is 0 Å². The third-order valence-electron chi connectivity index (χ3n) is 4.65. The van der Waals surface area contributed by atoms with Crippen molar-refractivity contribution in [3.63, 3.8) is 0 Å². The highest BCUT2D eigenvalue weighted by atomic mass is 32.2. The van der Waals surface area contributed by atoms with E-state index in [1.54, 1.807) is 54.7 Å². The first-order chi connectivity index (χ1) is 14.3. The van der Waals surface area contributed by atoms with Crippen molar-refractivity contribution in [3.8, 4) is 0 Å². The lowest BCUT2D eigenvalue weighted by Crippen LogP contribution is -2.14. The van der Waals surface area contributed by atoms with Gasteiger partial charge in [-0.1, -0.05) is 23.8 Å². The van der Waals surface area contributed by atoms with Crippen LogP contribution in [0, 0.1) is 13.8 Å². The number of carbonyl (C=O) groups is 1. The van der Waals surface area contributed by atoms with Crippen molar-refractivity contribution < 1.29 is 13.2 Å². The quantitative estimate of drug-likeness (QED) is 0.510. The Labute approximate surface area is 174 Å². The third kappa shape index (κ3) is 4.04. The molecule has 0 unspecified atom stereocenters. The molecule has 0 fully saturated rings. The van der Waals surface area contributed by atoms with Crippen LogP contribution in [0.5, 0.6) is 0 Å². The summed E-state index contributed by atoms with van der Waals surface area (Å²) in [5.74, 6) is -0.342. The van der Waals surface area contributed by atoms with Gasteiger partial charge in [0, 0.05) is 23.3 Å². The molecule has 152 valence electrons. The molecule has 0 spiro atoms. The van der Waals surface area contributed by atoms with E-state index in [4.69, 9.17) is 0 Å². The second-order valence-corrected chi connectivity index (χ2v) is 8.65. The number of benzene rings is 2. The first-order valence-electron chi connectivity index (χ1n) is 9.27. The Morgan fingerprint density at radius 3 is 2.23 bits per heavy atom. The maximum atomic E-state index is 12.5. The van der Waals surface area contributed by atoms with E-state index in [-0.39, 0.29) is 10.8 Å². The maximum absolute atomic E-state index is 12.5. The van der Waals surface area contributed by atoms with Crippen molar-refractivity contribution in [1.82, 2.24) is 9.38 Å². The Kier molecular flexibility index (Phi) is 5.01. The van der Waals surface area contributed by atoms with Crippen molar-refractivity contribution in [3.05, 3.63) is 89.9 Å². The number of amides is 1. The van der Waals surface area contributed by atoms with Crippen molar-refractivity contribution in [2.75, 3.05) is 10.0 Å². The molecule has 8 heteroatoms. The Balaban J connectivity index is 1.47. The standard InChI is InChI=1S/C22H20N4O3S/c1-15-6-12-19(13-7-15)30(28,29)25-18-10-8-17(9-11-18)23-22(27)20-14-26-16(2)4-3-5-21(26)24-20/h3-14,25H,1-2H3,(H,23,27). The third-order valence-corrected chi connectivity index (χ3v) is 6.05. The summed E-state index contributed by atoms with van der Waals surface area (Å²) in [6.45, 7) is 3.83. The molecule has 30 heavy (non-hydrogen) atoms. The average Bonchev–Trinajstić information content (AvgIpc) is 3.16. The molecular formula is C22H20N4O3S. The SMILES string of the molecule is Cc1ccc(S(=O)(=O)Nc2ccc(NC(=O)c3cn4c(C)cccc4n3)cc2)cc1. The number of anilines is 2. The number of fused-ring (bicyclic) bond motifs is 1. The van der Waals surface area contributed by atoms with Crippen LogP contribution in [0.4, 0.5) is 11.4 Å². The minimum absolute atomic E-state index is 0.188. The summed E-state index contributed by atoms with van der Waals surface area (Å²) in [6, 6.07) is 18.7. The predicted octanol–water partition coefficient (Wildman–Crippen LogP) is 4.00. The molecule has 0 atom stereocenters. The summed E-state index contributed by atoms with van der Waals surface area (Å²) in [7, 11) is -3.68. The van der Waals surface area contributed by atoms with Crippen molar-refractivity contribution in [1.29, 1.82) is 0 Å². The fourth-order valence-corrected chi connectivity index (χ4v) is 4.06. The van der Waals surface area contributed by atoms with Crippen LogP contribution in [0.1, 0.15) is 21.7 Å². The Morgan fingerprint density at radius 2 is 1.57 bits per heavy atom. The van der Waals surface area contributed by atoms with E-state index < -0.39 is 10.0 Å². The number of imidazole rings is 1. The fourth-order valence-electron chi connectivity index (χ4n) is 3.01. The number of nitrogens with zero attached hydrogens (tertiary/aromatic N) is 2. The maximum Gasteiger partial charge on any atom is 0.275 e. The molecule has 0 aliphatic carbocycles. The van der Waals surface area contributed by atoms with Gasteiger partial charge in [0.25, 0.3) is 15.9 Å². The number of nitrogens with one attached hydrogen (secondary N) is 2. The van der Waals surface area contributed by atoms with E-state index in [9.17, 15) is 13.2 Å². The van der Waals surface area contributed by atoms with Gasteiger partial charge in [0.05, 0.1) is 4.90 Å². The number of pyridine rings is 1. The number of rotatable bonds is 5. The summed E-state index contributed by atoms with van der Waals surface area (Å²) in [6.07, 6.45) is 1.68. The van der Waals surface area contributed by atoms with Crippen LogP contribution >= 0.6 is 0 Å². The van der Waals surface area contributed by atoms with Gasteiger partial charge < -0.3 is 9.72 Å². The molecule has 7 nitrogen and oxygen atoms in total. The largest absolute Gasteiger partial charge is 0.321 e. The topological polar surface area (TPSA) is 92.6 Å². The van der Waals surface area contributed by atoms with E-state index in [1.165, 1.54) is 0 Å². The zero-order chi connectivity index (χ0) is 21.3. The summed E-state index contributed by atoms with van der Waals surface area (Å²) >= 11 is 0. The first-order valence-corrected chi connectivity index (χ1v) is 10.8. The molecule has 2 heterocycles. The van der Waals surface area contributed by atoms with Gasteiger partial charge in [-0.15, -0.1) is 0 Å². The zero-order valence-electron chi connectivity index (χ0n) is 16.5. The number of sulfonamides is 1. The highest BCUT2D eigenvalue weighted by Crippen LogP contribution is 2.19. The molecule has 0 bridgehead atoms. The molecule has 0 saturated heterocycles. The molecule has 0 radical (unpaired) electrons. The second-order valence-electron chi connectivity index (χ2n) is 6.97. The normalized spacial score (nSPS) is 11.4. The summed E-state index contributed by atoms with van der Waals surface area (Å²) in [4.78, 5) is 17.0. The van der Waals surface area contributed by atoms with Gasteiger partial charge in [-0.3, -0.25) is 9.52 Å². The van der Waals surface area contributed by atoms with Crippen LogP contribution in [0.25, 0.3) is 5.65 Å². The molecule has 2 N–H and O–H groups in total. The Morgan fingerprint density at radius 1 is 0.900 bits per heavy atom. The van der Waals surface area contributed by atoms with Crippen molar-refractivity contribution in [2.24, 2.45) is 0 Å². The molecule has 2 aromatic heterocycles. The smallest absolute Gasteiger partial charge is 0.275 e. The van der Waals surface area contributed by atoms with Crippen LogP contribution in [0.3, 0.4) is 0 Å². The summed E-state index contributed by atoms with van der Waals surface area (Å²) in [5, 5.41) is 2.77. The van der Waals surface area contributed by atoms with Gasteiger partial charge in [0.2, 0.25) is 0 Å². The van der Waals surface area contributed by atoms with E-state index in [2.05, 4.69) is 15.0 Å². The van der Waals surface area contributed by atoms with E-state index in [1.807, 2.05) is 36.4 Å². The molecule has 4 aromatic rings. The Hall–Kier alpha value is -3.65. The monoisotopic (exact) mass is 420 g/mol. The molecular weight excluding hydrogens is 400 g/mol. The highest BCUT2D eigenvalue weighted by molar-refractivity contribution is 7.92.